The molecule has 0 aliphatic carbocycles. The summed E-state index contributed by atoms with van der Waals surface area (Å²) in [4.78, 5) is 16.8. The number of fused-ring (bicyclic) bond motifs is 2. The molecule has 0 saturated carbocycles. The van der Waals surface area contributed by atoms with E-state index >= 15 is 0 Å². The summed E-state index contributed by atoms with van der Waals surface area (Å²) >= 11 is 1.26. The molecule has 2 aromatic carbocycles. The van der Waals surface area contributed by atoms with Crippen LogP contribution < -0.4 is 14.3 Å². The maximum absolute atomic E-state index is 13.9. The molecule has 4 rings (SSSR count). The molecule has 0 unspecified atom stereocenters. The lowest BCUT2D eigenvalue weighted by Crippen LogP contribution is -2.17. The van der Waals surface area contributed by atoms with E-state index < -0.39 is 23.1 Å². The number of thiazole rings is 1. The van der Waals surface area contributed by atoms with Gasteiger partial charge in [0.15, 0.2) is 16.3 Å². The average Bonchev–Trinajstić information content (AvgIpc) is 3.17. The van der Waals surface area contributed by atoms with E-state index in [1.807, 2.05) is 23.6 Å². The van der Waals surface area contributed by atoms with Crippen molar-refractivity contribution in [2.75, 3.05) is 6.79 Å². The van der Waals surface area contributed by atoms with Crippen molar-refractivity contribution >= 4 is 27.5 Å². The minimum absolute atomic E-state index is 0.169. The third-order valence-electron chi connectivity index (χ3n) is 4.00. The van der Waals surface area contributed by atoms with Crippen LogP contribution in [0, 0.1) is 11.6 Å². The second-order valence-electron chi connectivity index (χ2n) is 5.72. The largest absolute Gasteiger partial charge is 0.454 e. The molecule has 134 valence electrons. The highest BCUT2D eigenvalue weighted by Crippen LogP contribution is 2.37. The molecule has 0 radical (unpaired) electrons. The van der Waals surface area contributed by atoms with Gasteiger partial charge in [-0.15, -0.1) is 0 Å². The van der Waals surface area contributed by atoms with Gasteiger partial charge in [-0.2, -0.15) is 4.99 Å². The third kappa shape index (κ3) is 2.76. The van der Waals surface area contributed by atoms with E-state index in [9.17, 15) is 13.6 Å². The Labute approximate surface area is 151 Å². The molecular weight excluding hydrogens is 362 g/mol. The van der Waals surface area contributed by atoms with Crippen LogP contribution >= 0.6 is 11.3 Å². The van der Waals surface area contributed by atoms with Gasteiger partial charge in [-0.3, -0.25) is 4.79 Å². The number of aromatic nitrogens is 1. The molecule has 0 N–H and O–H groups in total. The van der Waals surface area contributed by atoms with Crippen molar-refractivity contribution in [3.8, 4) is 11.5 Å². The molecule has 26 heavy (non-hydrogen) atoms. The van der Waals surface area contributed by atoms with Crippen LogP contribution in [0.15, 0.2) is 35.3 Å². The SMILES string of the molecule is CCCn1c(=NC(=O)c2c(F)cccc2F)sc2cc3c(cc21)OCO3. The summed E-state index contributed by atoms with van der Waals surface area (Å²) in [6.45, 7) is 2.76. The number of hydrogen-bond acceptors (Lipinski definition) is 4. The van der Waals surface area contributed by atoms with Crippen molar-refractivity contribution in [3.05, 3.63) is 52.3 Å². The Hall–Kier alpha value is -2.74. The van der Waals surface area contributed by atoms with Gasteiger partial charge in [-0.1, -0.05) is 24.3 Å². The lowest BCUT2D eigenvalue weighted by atomic mass is 10.2. The van der Waals surface area contributed by atoms with E-state index in [0.29, 0.717) is 22.8 Å². The topological polar surface area (TPSA) is 52.8 Å². The summed E-state index contributed by atoms with van der Waals surface area (Å²) in [7, 11) is 0. The number of hydrogen-bond donors (Lipinski definition) is 0. The minimum Gasteiger partial charge on any atom is -0.454 e. The van der Waals surface area contributed by atoms with Gasteiger partial charge in [0.05, 0.1) is 10.2 Å². The fourth-order valence-corrected chi connectivity index (χ4v) is 3.89. The number of rotatable bonds is 3. The molecule has 0 spiro atoms. The van der Waals surface area contributed by atoms with Gasteiger partial charge in [-0.05, 0) is 18.6 Å². The summed E-state index contributed by atoms with van der Waals surface area (Å²) in [5.41, 5.74) is 0.184. The fraction of sp³-hybridized carbons (Fsp3) is 0.222. The molecule has 0 atom stereocenters. The smallest absolute Gasteiger partial charge is 0.285 e. The van der Waals surface area contributed by atoms with Gasteiger partial charge in [0, 0.05) is 18.7 Å². The van der Waals surface area contributed by atoms with E-state index in [0.717, 1.165) is 28.8 Å². The zero-order chi connectivity index (χ0) is 18.3. The van der Waals surface area contributed by atoms with Gasteiger partial charge in [0.1, 0.15) is 17.2 Å². The van der Waals surface area contributed by atoms with Crippen LogP contribution in [0.25, 0.3) is 10.2 Å². The Morgan fingerprint density at radius 3 is 2.62 bits per heavy atom. The average molecular weight is 376 g/mol. The van der Waals surface area contributed by atoms with Crippen molar-refractivity contribution in [3.63, 3.8) is 0 Å². The standard InChI is InChI=1S/C18H14F2N2O3S/c1-2-6-22-12-7-13-14(25-9-24-13)8-15(12)26-18(22)21-17(23)16-10(19)4-3-5-11(16)20/h3-5,7-8H,2,6,9H2,1H3. The number of amides is 1. The van der Waals surface area contributed by atoms with Crippen molar-refractivity contribution in [1.82, 2.24) is 4.57 Å². The highest BCUT2D eigenvalue weighted by molar-refractivity contribution is 7.16. The fourth-order valence-electron chi connectivity index (χ4n) is 2.83. The second-order valence-corrected chi connectivity index (χ2v) is 6.73. The Morgan fingerprint density at radius 1 is 1.23 bits per heavy atom. The van der Waals surface area contributed by atoms with Crippen molar-refractivity contribution in [1.29, 1.82) is 0 Å². The summed E-state index contributed by atoms with van der Waals surface area (Å²) in [6, 6.07) is 6.94. The maximum Gasteiger partial charge on any atom is 0.285 e. The first-order chi connectivity index (χ1) is 12.6. The van der Waals surface area contributed by atoms with Gasteiger partial charge < -0.3 is 14.0 Å². The predicted molar refractivity (Wildman–Crippen MR) is 92.5 cm³/mol. The Balaban J connectivity index is 1.89. The van der Waals surface area contributed by atoms with Crippen LogP contribution in [0.2, 0.25) is 0 Å². The van der Waals surface area contributed by atoms with Crippen LogP contribution in [0.5, 0.6) is 11.5 Å². The quantitative estimate of drug-likeness (QED) is 0.698. The first-order valence-corrected chi connectivity index (χ1v) is 8.86. The Bertz CT molecular complexity index is 1070. The zero-order valence-corrected chi connectivity index (χ0v) is 14.6. The number of carbonyl (C=O) groups excluding carboxylic acids is 1. The zero-order valence-electron chi connectivity index (χ0n) is 13.8. The predicted octanol–water partition coefficient (Wildman–Crippen LogP) is 3.86. The van der Waals surface area contributed by atoms with Crippen LogP contribution in [0.3, 0.4) is 0 Å². The molecular formula is C18H14F2N2O3S. The molecule has 0 fully saturated rings. The molecule has 8 heteroatoms. The number of halogens is 2. The van der Waals surface area contributed by atoms with E-state index in [4.69, 9.17) is 9.47 Å². The second kappa shape index (κ2) is 6.53. The van der Waals surface area contributed by atoms with E-state index in [2.05, 4.69) is 4.99 Å². The Kier molecular flexibility index (Phi) is 4.20. The van der Waals surface area contributed by atoms with Gasteiger partial charge >= 0.3 is 0 Å². The van der Waals surface area contributed by atoms with Crippen molar-refractivity contribution in [2.45, 2.75) is 19.9 Å². The monoisotopic (exact) mass is 376 g/mol. The molecule has 1 aliphatic rings. The van der Waals surface area contributed by atoms with E-state index in [1.54, 1.807) is 0 Å². The number of ether oxygens (including phenoxy) is 2. The van der Waals surface area contributed by atoms with E-state index in [-0.39, 0.29) is 6.79 Å². The van der Waals surface area contributed by atoms with Crippen LogP contribution in [0.4, 0.5) is 8.78 Å². The lowest BCUT2D eigenvalue weighted by Gasteiger charge is -2.04. The normalized spacial score (nSPS) is 13.6. The molecule has 1 aliphatic heterocycles. The van der Waals surface area contributed by atoms with Gasteiger partial charge in [-0.25, -0.2) is 8.78 Å². The van der Waals surface area contributed by atoms with Gasteiger partial charge in [0.2, 0.25) is 6.79 Å². The number of nitrogens with zero attached hydrogens (tertiary/aromatic N) is 2. The summed E-state index contributed by atoms with van der Waals surface area (Å²) in [6.07, 6.45) is 0.801. The molecule has 0 bridgehead atoms. The minimum atomic E-state index is -0.947. The first-order valence-electron chi connectivity index (χ1n) is 8.04. The van der Waals surface area contributed by atoms with Crippen LogP contribution in [-0.4, -0.2) is 17.3 Å². The number of benzene rings is 2. The summed E-state index contributed by atoms with van der Waals surface area (Å²) in [5.74, 6) is -1.55. The Morgan fingerprint density at radius 2 is 1.92 bits per heavy atom. The van der Waals surface area contributed by atoms with Crippen molar-refractivity contribution in [2.24, 2.45) is 4.99 Å². The molecule has 3 aromatic rings. The summed E-state index contributed by atoms with van der Waals surface area (Å²) < 4.78 is 41.2. The van der Waals surface area contributed by atoms with Crippen molar-refractivity contribution < 1.29 is 23.0 Å². The molecule has 1 aromatic heterocycles. The number of carbonyl (C=O) groups is 1. The molecule has 5 nitrogen and oxygen atoms in total. The maximum atomic E-state index is 13.9. The van der Waals surface area contributed by atoms with Gasteiger partial charge in [0.25, 0.3) is 5.91 Å². The lowest BCUT2D eigenvalue weighted by molar-refractivity contribution is 0.0989. The van der Waals surface area contributed by atoms with E-state index in [1.165, 1.54) is 17.4 Å². The highest BCUT2D eigenvalue weighted by atomic mass is 32.1. The first kappa shape index (κ1) is 16.7. The highest BCUT2D eigenvalue weighted by Gasteiger charge is 2.20. The third-order valence-corrected chi connectivity index (χ3v) is 5.04. The number of aryl methyl sites for hydroxylation is 1. The van der Waals surface area contributed by atoms with Crippen LogP contribution in [-0.2, 0) is 6.54 Å². The summed E-state index contributed by atoms with van der Waals surface area (Å²) in [5, 5.41) is 0. The molecule has 0 saturated heterocycles. The molecule has 2 heterocycles. The molecule has 1 amide bonds. The van der Waals surface area contributed by atoms with Crippen LogP contribution in [0.1, 0.15) is 23.7 Å².